The van der Waals surface area contributed by atoms with Crippen LogP contribution >= 0.6 is 0 Å². The van der Waals surface area contributed by atoms with E-state index in [1.54, 1.807) is 0 Å². The summed E-state index contributed by atoms with van der Waals surface area (Å²) in [7, 11) is 0. The van der Waals surface area contributed by atoms with E-state index in [0.717, 1.165) is 6.42 Å². The van der Waals surface area contributed by atoms with Crippen molar-refractivity contribution in [2.24, 2.45) is 11.7 Å². The number of hydrogen-bond acceptors (Lipinski definition) is 2. The fourth-order valence-electron chi connectivity index (χ4n) is 1.35. The van der Waals surface area contributed by atoms with Gasteiger partial charge in [0.25, 0.3) is 0 Å². The molecule has 0 fully saturated rings. The largest absolute Gasteiger partial charge is 0.392 e. The van der Waals surface area contributed by atoms with Gasteiger partial charge in [0.15, 0.2) is 0 Å². The highest BCUT2D eigenvalue weighted by Gasteiger charge is 2.12. The van der Waals surface area contributed by atoms with E-state index in [2.05, 4.69) is 12.1 Å². The molecule has 2 nitrogen and oxygen atoms in total. The summed E-state index contributed by atoms with van der Waals surface area (Å²) in [5.74, 6) is 0.229. The summed E-state index contributed by atoms with van der Waals surface area (Å²) in [6, 6.07) is 10.2. The zero-order valence-corrected chi connectivity index (χ0v) is 9.98. The number of hydrogen-bond donors (Lipinski definition) is 2. The Balaban J connectivity index is 0.000000921. The summed E-state index contributed by atoms with van der Waals surface area (Å²) in [6.07, 6.45) is 0.499. The quantitative estimate of drug-likeness (QED) is 0.798. The number of rotatable bonds is 4. The SMILES string of the molecule is CC.CC(Cc1ccccc1)C(O)CN. The molecule has 3 N–H and O–H groups in total. The van der Waals surface area contributed by atoms with Crippen molar-refractivity contribution in [1.82, 2.24) is 0 Å². The molecule has 0 aliphatic carbocycles. The lowest BCUT2D eigenvalue weighted by molar-refractivity contribution is 0.124. The van der Waals surface area contributed by atoms with Crippen molar-refractivity contribution in [3.63, 3.8) is 0 Å². The molecule has 2 atom stereocenters. The predicted molar refractivity (Wildman–Crippen MR) is 65.7 cm³/mol. The summed E-state index contributed by atoms with van der Waals surface area (Å²) in [5, 5.41) is 9.46. The average molecular weight is 209 g/mol. The van der Waals surface area contributed by atoms with Crippen molar-refractivity contribution in [3.05, 3.63) is 35.9 Å². The van der Waals surface area contributed by atoms with Gasteiger partial charge in [0.1, 0.15) is 0 Å². The highest BCUT2D eigenvalue weighted by atomic mass is 16.3. The third kappa shape index (κ3) is 5.55. The first-order valence-corrected chi connectivity index (χ1v) is 5.66. The van der Waals surface area contributed by atoms with Crippen molar-refractivity contribution in [2.75, 3.05) is 6.54 Å². The van der Waals surface area contributed by atoms with Crippen LogP contribution in [0.1, 0.15) is 26.3 Å². The van der Waals surface area contributed by atoms with E-state index < -0.39 is 0 Å². The number of benzene rings is 1. The second-order valence-corrected chi connectivity index (χ2v) is 3.47. The maximum Gasteiger partial charge on any atom is 0.0691 e. The van der Waals surface area contributed by atoms with Gasteiger partial charge in [0, 0.05) is 6.54 Å². The Hall–Kier alpha value is -0.860. The van der Waals surface area contributed by atoms with E-state index in [-0.39, 0.29) is 12.0 Å². The van der Waals surface area contributed by atoms with Crippen LogP contribution in [0.3, 0.4) is 0 Å². The maximum atomic E-state index is 9.46. The molecule has 86 valence electrons. The minimum atomic E-state index is -0.389. The summed E-state index contributed by atoms with van der Waals surface area (Å²) >= 11 is 0. The zero-order chi connectivity index (χ0) is 11.7. The summed E-state index contributed by atoms with van der Waals surface area (Å²) in [5.41, 5.74) is 6.63. The molecular weight excluding hydrogens is 186 g/mol. The Bertz CT molecular complexity index is 236. The molecule has 0 bridgehead atoms. The van der Waals surface area contributed by atoms with Gasteiger partial charge < -0.3 is 10.8 Å². The molecule has 0 saturated carbocycles. The molecule has 1 aromatic carbocycles. The van der Waals surface area contributed by atoms with Crippen LogP contribution in [0.4, 0.5) is 0 Å². The molecule has 0 saturated heterocycles. The van der Waals surface area contributed by atoms with E-state index in [0.29, 0.717) is 6.54 Å². The van der Waals surface area contributed by atoms with Gasteiger partial charge in [-0.2, -0.15) is 0 Å². The average Bonchev–Trinajstić information content (AvgIpc) is 2.32. The smallest absolute Gasteiger partial charge is 0.0691 e. The standard InChI is InChI=1S/C11H17NO.C2H6/c1-9(11(13)8-12)7-10-5-3-2-4-6-10;1-2/h2-6,9,11,13H,7-8,12H2,1H3;1-2H3. The molecule has 0 aromatic heterocycles. The normalized spacial score (nSPS) is 13.7. The Morgan fingerprint density at radius 3 is 2.20 bits per heavy atom. The molecule has 1 rings (SSSR count). The van der Waals surface area contributed by atoms with E-state index in [1.165, 1.54) is 5.56 Å². The van der Waals surface area contributed by atoms with Crippen LogP contribution in [0.15, 0.2) is 30.3 Å². The molecule has 0 heterocycles. The van der Waals surface area contributed by atoms with Crippen LogP contribution in [-0.4, -0.2) is 17.8 Å². The van der Waals surface area contributed by atoms with Crippen LogP contribution in [0.25, 0.3) is 0 Å². The van der Waals surface area contributed by atoms with Gasteiger partial charge in [-0.15, -0.1) is 0 Å². The summed E-state index contributed by atoms with van der Waals surface area (Å²) < 4.78 is 0. The topological polar surface area (TPSA) is 46.2 Å². The lowest BCUT2D eigenvalue weighted by Crippen LogP contribution is -2.28. The van der Waals surface area contributed by atoms with Gasteiger partial charge in [-0.25, -0.2) is 0 Å². The van der Waals surface area contributed by atoms with Crippen molar-refractivity contribution in [3.8, 4) is 0 Å². The van der Waals surface area contributed by atoms with Crippen LogP contribution in [0.2, 0.25) is 0 Å². The maximum absolute atomic E-state index is 9.46. The Labute approximate surface area is 93.1 Å². The van der Waals surface area contributed by atoms with Gasteiger partial charge in [0.2, 0.25) is 0 Å². The monoisotopic (exact) mass is 209 g/mol. The van der Waals surface area contributed by atoms with E-state index in [4.69, 9.17) is 5.73 Å². The van der Waals surface area contributed by atoms with Crippen LogP contribution < -0.4 is 5.73 Å². The molecule has 15 heavy (non-hydrogen) atoms. The third-order valence-corrected chi connectivity index (χ3v) is 2.30. The van der Waals surface area contributed by atoms with Crippen molar-refractivity contribution in [1.29, 1.82) is 0 Å². The number of aliphatic hydroxyl groups excluding tert-OH is 1. The minimum absolute atomic E-state index is 0.229. The number of nitrogens with two attached hydrogens (primary N) is 1. The van der Waals surface area contributed by atoms with Crippen LogP contribution in [0, 0.1) is 5.92 Å². The fraction of sp³-hybridized carbons (Fsp3) is 0.538. The molecule has 0 aliphatic heterocycles. The molecular formula is C13H23NO. The second-order valence-electron chi connectivity index (χ2n) is 3.47. The Morgan fingerprint density at radius 1 is 1.20 bits per heavy atom. The lowest BCUT2D eigenvalue weighted by atomic mass is 9.96. The molecule has 1 aromatic rings. The molecule has 0 aliphatic rings. The van der Waals surface area contributed by atoms with Crippen LogP contribution in [0.5, 0.6) is 0 Å². The van der Waals surface area contributed by atoms with E-state index in [1.807, 2.05) is 39.0 Å². The molecule has 2 heteroatoms. The van der Waals surface area contributed by atoms with Gasteiger partial charge in [-0.05, 0) is 17.9 Å². The van der Waals surface area contributed by atoms with Crippen molar-refractivity contribution in [2.45, 2.75) is 33.3 Å². The predicted octanol–water partition coefficient (Wildman–Crippen LogP) is 2.21. The summed E-state index contributed by atoms with van der Waals surface area (Å²) in [6.45, 7) is 6.36. The molecule has 0 spiro atoms. The first kappa shape index (κ1) is 14.1. The zero-order valence-electron chi connectivity index (χ0n) is 9.98. The highest BCUT2D eigenvalue weighted by molar-refractivity contribution is 5.15. The van der Waals surface area contributed by atoms with E-state index >= 15 is 0 Å². The molecule has 0 amide bonds. The van der Waals surface area contributed by atoms with Crippen molar-refractivity contribution >= 4 is 0 Å². The van der Waals surface area contributed by atoms with Crippen LogP contribution in [-0.2, 0) is 6.42 Å². The fourth-order valence-corrected chi connectivity index (χ4v) is 1.35. The van der Waals surface area contributed by atoms with E-state index in [9.17, 15) is 5.11 Å². The Morgan fingerprint density at radius 2 is 1.73 bits per heavy atom. The molecule has 2 unspecified atom stereocenters. The Kier molecular flexibility index (Phi) is 7.96. The van der Waals surface area contributed by atoms with Gasteiger partial charge >= 0.3 is 0 Å². The van der Waals surface area contributed by atoms with Gasteiger partial charge in [0.05, 0.1) is 6.10 Å². The first-order chi connectivity index (χ1) is 7.24. The lowest BCUT2D eigenvalue weighted by Gasteiger charge is -2.16. The first-order valence-electron chi connectivity index (χ1n) is 5.66. The van der Waals surface area contributed by atoms with Gasteiger partial charge in [-0.1, -0.05) is 51.1 Å². The van der Waals surface area contributed by atoms with Gasteiger partial charge in [-0.3, -0.25) is 0 Å². The second kappa shape index (κ2) is 8.45. The highest BCUT2D eigenvalue weighted by Crippen LogP contribution is 2.10. The number of aliphatic hydroxyl groups is 1. The molecule has 0 radical (unpaired) electrons. The third-order valence-electron chi connectivity index (χ3n) is 2.30. The summed E-state index contributed by atoms with van der Waals surface area (Å²) in [4.78, 5) is 0. The minimum Gasteiger partial charge on any atom is -0.392 e. The van der Waals surface area contributed by atoms with Crippen molar-refractivity contribution < 1.29 is 5.11 Å².